The largest absolute Gasteiger partial charge is 0.491 e. The van der Waals surface area contributed by atoms with Crippen molar-refractivity contribution in [2.75, 3.05) is 13.2 Å². The van der Waals surface area contributed by atoms with Gasteiger partial charge in [0.2, 0.25) is 0 Å². The van der Waals surface area contributed by atoms with Crippen molar-refractivity contribution < 1.29 is 14.9 Å². The molecule has 1 aliphatic carbocycles. The fraction of sp³-hybridized carbons (Fsp3) is 0.600. The summed E-state index contributed by atoms with van der Waals surface area (Å²) in [7, 11) is 0. The highest BCUT2D eigenvalue weighted by Crippen LogP contribution is 2.30. The van der Waals surface area contributed by atoms with Gasteiger partial charge in [-0.1, -0.05) is 25.0 Å². The number of hydrogen-bond acceptors (Lipinski definition) is 4. The topological polar surface area (TPSA) is 75.7 Å². The summed E-state index contributed by atoms with van der Waals surface area (Å²) < 4.78 is 5.69. The van der Waals surface area contributed by atoms with Gasteiger partial charge in [0, 0.05) is 6.54 Å². The second-order valence-corrected chi connectivity index (χ2v) is 5.46. The number of rotatable bonds is 6. The Hall–Kier alpha value is -1.10. The van der Waals surface area contributed by atoms with Gasteiger partial charge in [0.25, 0.3) is 0 Å². The Balaban J connectivity index is 1.91. The molecule has 19 heavy (non-hydrogen) atoms. The number of nitrogens with two attached hydrogens (primary N) is 1. The summed E-state index contributed by atoms with van der Waals surface area (Å²) in [4.78, 5) is 0. The summed E-state index contributed by atoms with van der Waals surface area (Å²) in [5, 5.41) is 19.8. The highest BCUT2D eigenvalue weighted by Gasteiger charge is 2.31. The van der Waals surface area contributed by atoms with Crippen LogP contribution in [0.15, 0.2) is 24.3 Å². The molecule has 1 aromatic rings. The fourth-order valence-electron chi connectivity index (χ4n) is 2.51. The lowest BCUT2D eigenvalue weighted by atomic mass is 10.0. The number of benzene rings is 1. The summed E-state index contributed by atoms with van der Waals surface area (Å²) in [6.45, 7) is 0.598. The Kier molecular flexibility index (Phi) is 4.80. The van der Waals surface area contributed by atoms with Crippen LogP contribution in [0, 0.1) is 0 Å². The minimum absolute atomic E-state index is 0.255. The lowest BCUT2D eigenvalue weighted by molar-refractivity contribution is 0.00137. The first kappa shape index (κ1) is 14.3. The molecule has 0 spiro atoms. The SMILES string of the molecule is NC[C@H](O)Cc1cccc(OCC2(O)CCCC2)c1. The van der Waals surface area contributed by atoms with Gasteiger partial charge in [0.05, 0.1) is 11.7 Å². The zero-order valence-electron chi connectivity index (χ0n) is 11.2. The van der Waals surface area contributed by atoms with Crippen LogP contribution in [-0.4, -0.2) is 35.1 Å². The van der Waals surface area contributed by atoms with Gasteiger partial charge in [0.15, 0.2) is 0 Å². The van der Waals surface area contributed by atoms with Crippen LogP contribution in [0.4, 0.5) is 0 Å². The number of aliphatic hydroxyl groups is 2. The van der Waals surface area contributed by atoms with E-state index in [-0.39, 0.29) is 6.54 Å². The second kappa shape index (κ2) is 6.37. The Morgan fingerprint density at radius 3 is 2.74 bits per heavy atom. The number of hydrogen-bond donors (Lipinski definition) is 3. The normalized spacial score (nSPS) is 19.3. The molecule has 0 amide bonds. The van der Waals surface area contributed by atoms with Crippen LogP contribution in [0.3, 0.4) is 0 Å². The van der Waals surface area contributed by atoms with E-state index in [2.05, 4.69) is 0 Å². The smallest absolute Gasteiger partial charge is 0.119 e. The first-order chi connectivity index (χ1) is 9.11. The van der Waals surface area contributed by atoms with Gasteiger partial charge >= 0.3 is 0 Å². The zero-order chi connectivity index (χ0) is 13.7. The molecule has 0 bridgehead atoms. The average molecular weight is 265 g/mol. The molecule has 4 heteroatoms. The molecule has 0 aromatic heterocycles. The van der Waals surface area contributed by atoms with Crippen LogP contribution in [0.2, 0.25) is 0 Å². The van der Waals surface area contributed by atoms with Gasteiger partial charge in [0.1, 0.15) is 12.4 Å². The highest BCUT2D eigenvalue weighted by molar-refractivity contribution is 5.29. The summed E-state index contributed by atoms with van der Waals surface area (Å²) in [5.41, 5.74) is 5.74. The monoisotopic (exact) mass is 265 g/mol. The Morgan fingerprint density at radius 1 is 1.32 bits per heavy atom. The predicted octanol–water partition coefficient (Wildman–Crippen LogP) is 1.23. The van der Waals surface area contributed by atoms with Crippen molar-refractivity contribution in [1.82, 2.24) is 0 Å². The average Bonchev–Trinajstić information content (AvgIpc) is 2.84. The molecular weight excluding hydrogens is 242 g/mol. The van der Waals surface area contributed by atoms with Crippen molar-refractivity contribution in [2.45, 2.75) is 43.8 Å². The first-order valence-electron chi connectivity index (χ1n) is 6.93. The van der Waals surface area contributed by atoms with E-state index in [0.29, 0.717) is 13.0 Å². The molecule has 1 atom stereocenters. The van der Waals surface area contributed by atoms with Gasteiger partial charge in [-0.05, 0) is 37.0 Å². The summed E-state index contributed by atoms with van der Waals surface area (Å²) in [6, 6.07) is 7.61. The van der Waals surface area contributed by atoms with Crippen LogP contribution in [0.5, 0.6) is 5.75 Å². The summed E-state index contributed by atoms with van der Waals surface area (Å²) in [5.74, 6) is 0.738. The quantitative estimate of drug-likeness (QED) is 0.723. The molecule has 106 valence electrons. The van der Waals surface area contributed by atoms with Crippen molar-refractivity contribution in [3.8, 4) is 5.75 Å². The van der Waals surface area contributed by atoms with Crippen molar-refractivity contribution in [1.29, 1.82) is 0 Å². The van der Waals surface area contributed by atoms with Crippen LogP contribution in [-0.2, 0) is 6.42 Å². The highest BCUT2D eigenvalue weighted by atomic mass is 16.5. The maximum Gasteiger partial charge on any atom is 0.119 e. The lowest BCUT2D eigenvalue weighted by Gasteiger charge is -2.22. The third-order valence-electron chi connectivity index (χ3n) is 3.68. The summed E-state index contributed by atoms with van der Waals surface area (Å²) in [6.07, 6.45) is 3.79. The van der Waals surface area contributed by atoms with E-state index in [0.717, 1.165) is 37.0 Å². The van der Waals surface area contributed by atoms with Crippen LogP contribution in [0.1, 0.15) is 31.2 Å². The molecule has 4 nitrogen and oxygen atoms in total. The number of aliphatic hydroxyl groups excluding tert-OH is 1. The standard InChI is InChI=1S/C15H23NO3/c16-10-13(17)8-12-4-3-5-14(9-12)19-11-15(18)6-1-2-7-15/h3-5,9,13,17-18H,1-2,6-8,10-11,16H2/t13-/m1/s1. The van der Waals surface area contributed by atoms with Crippen molar-refractivity contribution >= 4 is 0 Å². The Labute approximate surface area is 114 Å². The van der Waals surface area contributed by atoms with E-state index in [1.54, 1.807) is 0 Å². The fourth-order valence-corrected chi connectivity index (χ4v) is 2.51. The molecule has 1 aromatic carbocycles. The first-order valence-corrected chi connectivity index (χ1v) is 6.93. The van der Waals surface area contributed by atoms with E-state index in [1.165, 1.54) is 0 Å². The van der Waals surface area contributed by atoms with Gasteiger partial charge in [-0.15, -0.1) is 0 Å². The van der Waals surface area contributed by atoms with E-state index in [4.69, 9.17) is 10.5 Å². The van der Waals surface area contributed by atoms with Gasteiger partial charge < -0.3 is 20.7 Å². The van der Waals surface area contributed by atoms with Crippen LogP contribution < -0.4 is 10.5 Å². The minimum Gasteiger partial charge on any atom is -0.491 e. The van der Waals surface area contributed by atoms with Crippen molar-refractivity contribution in [2.24, 2.45) is 5.73 Å². The molecule has 0 heterocycles. The van der Waals surface area contributed by atoms with Gasteiger partial charge in [-0.3, -0.25) is 0 Å². The molecule has 0 unspecified atom stereocenters. The molecule has 1 saturated carbocycles. The second-order valence-electron chi connectivity index (χ2n) is 5.46. The molecule has 0 aliphatic heterocycles. The molecule has 1 fully saturated rings. The van der Waals surface area contributed by atoms with Crippen molar-refractivity contribution in [3.05, 3.63) is 29.8 Å². The predicted molar refractivity (Wildman–Crippen MR) is 74.1 cm³/mol. The van der Waals surface area contributed by atoms with E-state index < -0.39 is 11.7 Å². The molecule has 1 aliphatic rings. The van der Waals surface area contributed by atoms with Crippen LogP contribution >= 0.6 is 0 Å². The third-order valence-corrected chi connectivity index (χ3v) is 3.68. The van der Waals surface area contributed by atoms with Gasteiger partial charge in [-0.2, -0.15) is 0 Å². The maximum absolute atomic E-state index is 10.2. The lowest BCUT2D eigenvalue weighted by Crippen LogP contribution is -2.32. The summed E-state index contributed by atoms with van der Waals surface area (Å²) >= 11 is 0. The van der Waals surface area contributed by atoms with Crippen molar-refractivity contribution in [3.63, 3.8) is 0 Å². The number of ether oxygens (including phenoxy) is 1. The Bertz CT molecular complexity index is 402. The molecule has 0 saturated heterocycles. The minimum atomic E-state index is -0.660. The molecule has 4 N–H and O–H groups in total. The van der Waals surface area contributed by atoms with E-state index >= 15 is 0 Å². The zero-order valence-corrected chi connectivity index (χ0v) is 11.2. The van der Waals surface area contributed by atoms with E-state index in [1.807, 2.05) is 24.3 Å². The molecular formula is C15H23NO3. The molecule has 2 rings (SSSR count). The van der Waals surface area contributed by atoms with Crippen LogP contribution in [0.25, 0.3) is 0 Å². The third kappa shape index (κ3) is 4.20. The van der Waals surface area contributed by atoms with E-state index in [9.17, 15) is 10.2 Å². The van der Waals surface area contributed by atoms with Gasteiger partial charge in [-0.25, -0.2) is 0 Å². The molecule has 0 radical (unpaired) electrons. The Morgan fingerprint density at radius 2 is 2.05 bits per heavy atom. The maximum atomic E-state index is 10.2.